The van der Waals surface area contributed by atoms with Gasteiger partial charge in [-0.15, -0.1) is 10.2 Å². The summed E-state index contributed by atoms with van der Waals surface area (Å²) in [5.74, 6) is 0.288. The molecule has 1 amide bonds. The molecule has 3 rings (SSSR count). The number of benzene rings is 1. The smallest absolute Gasteiger partial charge is 0.248 e. The quantitative estimate of drug-likeness (QED) is 0.796. The Morgan fingerprint density at radius 3 is 3.00 bits per heavy atom. The van der Waals surface area contributed by atoms with E-state index >= 15 is 0 Å². The molecule has 0 saturated carbocycles. The van der Waals surface area contributed by atoms with Crippen LogP contribution >= 0.6 is 22.9 Å². The highest BCUT2D eigenvalue weighted by molar-refractivity contribution is 7.08. The van der Waals surface area contributed by atoms with Crippen molar-refractivity contribution in [1.82, 2.24) is 20.2 Å². The minimum atomic E-state index is -0.223. The lowest BCUT2D eigenvalue weighted by Crippen LogP contribution is -2.20. The first kappa shape index (κ1) is 14.7. The van der Waals surface area contributed by atoms with E-state index in [1.54, 1.807) is 29.5 Å². The predicted molar refractivity (Wildman–Crippen MR) is 85.9 cm³/mol. The SMILES string of the molecule is Cc1cc(Cl)ccc1NC(=O)Cn1nnc(-c2ccsc2)n1. The number of amides is 1. The fourth-order valence-electron chi connectivity index (χ4n) is 1.90. The number of nitrogens with zero attached hydrogens (tertiary/aromatic N) is 4. The van der Waals surface area contributed by atoms with Gasteiger partial charge in [0.25, 0.3) is 0 Å². The number of rotatable bonds is 4. The van der Waals surface area contributed by atoms with Crippen molar-refractivity contribution in [3.05, 3.63) is 45.6 Å². The molecule has 8 heteroatoms. The molecule has 2 heterocycles. The number of aromatic nitrogens is 4. The average Bonchev–Trinajstić information content (AvgIpc) is 3.12. The number of hydrogen-bond donors (Lipinski definition) is 1. The van der Waals surface area contributed by atoms with Crippen LogP contribution in [0.15, 0.2) is 35.0 Å². The minimum Gasteiger partial charge on any atom is -0.324 e. The third kappa shape index (κ3) is 3.32. The molecule has 1 aromatic carbocycles. The first-order valence-electron chi connectivity index (χ1n) is 6.48. The molecule has 0 bridgehead atoms. The Morgan fingerprint density at radius 1 is 1.41 bits per heavy atom. The van der Waals surface area contributed by atoms with Crippen LogP contribution in [-0.4, -0.2) is 26.1 Å². The zero-order valence-corrected chi connectivity index (χ0v) is 13.2. The van der Waals surface area contributed by atoms with Crippen molar-refractivity contribution in [2.24, 2.45) is 0 Å². The molecule has 0 saturated heterocycles. The van der Waals surface area contributed by atoms with E-state index in [9.17, 15) is 4.79 Å². The molecule has 0 unspecified atom stereocenters. The molecule has 0 spiro atoms. The summed E-state index contributed by atoms with van der Waals surface area (Å²) in [5, 5.41) is 19.3. The van der Waals surface area contributed by atoms with Gasteiger partial charge in [0.1, 0.15) is 6.54 Å². The maximum atomic E-state index is 12.0. The fraction of sp³-hybridized carbons (Fsp3) is 0.143. The Balaban J connectivity index is 1.67. The Labute approximate surface area is 135 Å². The topological polar surface area (TPSA) is 72.7 Å². The van der Waals surface area contributed by atoms with Gasteiger partial charge in [0.2, 0.25) is 11.7 Å². The average molecular weight is 334 g/mol. The molecular formula is C14H12ClN5OS. The maximum Gasteiger partial charge on any atom is 0.248 e. The van der Waals surface area contributed by atoms with Crippen molar-refractivity contribution < 1.29 is 4.79 Å². The largest absolute Gasteiger partial charge is 0.324 e. The molecule has 0 aliphatic heterocycles. The standard InChI is InChI=1S/C14H12ClN5OS/c1-9-6-11(15)2-3-12(9)16-13(21)7-20-18-14(17-19-20)10-4-5-22-8-10/h2-6,8H,7H2,1H3,(H,16,21). The van der Waals surface area contributed by atoms with Crippen LogP contribution in [0.25, 0.3) is 11.4 Å². The molecule has 0 fully saturated rings. The molecule has 0 aliphatic rings. The van der Waals surface area contributed by atoms with Crippen LogP contribution in [0.1, 0.15) is 5.56 Å². The number of carbonyl (C=O) groups excluding carboxylic acids is 1. The third-order valence-electron chi connectivity index (χ3n) is 2.98. The van der Waals surface area contributed by atoms with Crippen molar-refractivity contribution in [2.45, 2.75) is 13.5 Å². The van der Waals surface area contributed by atoms with E-state index in [1.165, 1.54) is 4.80 Å². The van der Waals surface area contributed by atoms with Crippen LogP contribution in [0, 0.1) is 6.92 Å². The Morgan fingerprint density at radius 2 is 2.27 bits per heavy atom. The van der Waals surface area contributed by atoms with Crippen molar-refractivity contribution >= 4 is 34.5 Å². The summed E-state index contributed by atoms with van der Waals surface area (Å²) in [4.78, 5) is 13.3. The molecule has 6 nitrogen and oxygen atoms in total. The first-order valence-corrected chi connectivity index (χ1v) is 7.80. The van der Waals surface area contributed by atoms with E-state index in [-0.39, 0.29) is 12.5 Å². The highest BCUT2D eigenvalue weighted by atomic mass is 35.5. The van der Waals surface area contributed by atoms with Crippen LogP contribution in [0.4, 0.5) is 5.69 Å². The zero-order valence-electron chi connectivity index (χ0n) is 11.7. The lowest BCUT2D eigenvalue weighted by molar-refractivity contribution is -0.117. The molecule has 0 atom stereocenters. The Kier molecular flexibility index (Phi) is 4.17. The molecule has 2 aromatic heterocycles. The summed E-state index contributed by atoms with van der Waals surface area (Å²) in [7, 11) is 0. The number of halogens is 1. The number of thiophene rings is 1. The second-order valence-electron chi connectivity index (χ2n) is 4.66. The molecule has 0 aliphatic carbocycles. The number of aryl methyl sites for hydroxylation is 1. The monoisotopic (exact) mass is 333 g/mol. The van der Waals surface area contributed by atoms with Gasteiger partial charge in [-0.3, -0.25) is 4.79 Å². The lowest BCUT2D eigenvalue weighted by atomic mass is 10.2. The highest BCUT2D eigenvalue weighted by Crippen LogP contribution is 2.19. The van der Waals surface area contributed by atoms with Crippen LogP contribution < -0.4 is 5.32 Å². The minimum absolute atomic E-state index is 0.000790. The van der Waals surface area contributed by atoms with E-state index < -0.39 is 0 Å². The van der Waals surface area contributed by atoms with E-state index in [1.807, 2.05) is 23.8 Å². The molecule has 1 N–H and O–H groups in total. The van der Waals surface area contributed by atoms with Gasteiger partial charge < -0.3 is 5.32 Å². The molecule has 3 aromatic rings. The van der Waals surface area contributed by atoms with Crippen molar-refractivity contribution in [2.75, 3.05) is 5.32 Å². The van der Waals surface area contributed by atoms with Gasteiger partial charge in [-0.05, 0) is 47.3 Å². The summed E-state index contributed by atoms with van der Waals surface area (Å²) in [5.41, 5.74) is 2.50. The Bertz CT molecular complexity index is 799. The lowest BCUT2D eigenvalue weighted by Gasteiger charge is -2.07. The van der Waals surface area contributed by atoms with E-state index in [2.05, 4.69) is 20.7 Å². The zero-order chi connectivity index (χ0) is 15.5. The van der Waals surface area contributed by atoms with Gasteiger partial charge in [0, 0.05) is 21.7 Å². The summed E-state index contributed by atoms with van der Waals surface area (Å²) in [6.45, 7) is 1.88. The van der Waals surface area contributed by atoms with Crippen molar-refractivity contribution in [3.8, 4) is 11.4 Å². The molecule has 22 heavy (non-hydrogen) atoms. The summed E-state index contributed by atoms with van der Waals surface area (Å²) in [6, 6.07) is 7.19. The predicted octanol–water partition coefficient (Wildman–Crippen LogP) is 3.00. The van der Waals surface area contributed by atoms with Crippen LogP contribution in [0.3, 0.4) is 0 Å². The fourth-order valence-corrected chi connectivity index (χ4v) is 2.76. The number of anilines is 1. The van der Waals surface area contributed by atoms with Crippen LogP contribution in [-0.2, 0) is 11.3 Å². The summed E-state index contributed by atoms with van der Waals surface area (Å²) < 4.78 is 0. The number of hydrogen-bond acceptors (Lipinski definition) is 5. The van der Waals surface area contributed by atoms with Crippen molar-refractivity contribution in [3.63, 3.8) is 0 Å². The van der Waals surface area contributed by atoms with Crippen molar-refractivity contribution in [1.29, 1.82) is 0 Å². The van der Waals surface area contributed by atoms with E-state index in [4.69, 9.17) is 11.6 Å². The number of carbonyl (C=O) groups is 1. The van der Waals surface area contributed by atoms with Gasteiger partial charge in [-0.2, -0.15) is 16.1 Å². The van der Waals surface area contributed by atoms with Gasteiger partial charge in [0.15, 0.2) is 0 Å². The Hall–Kier alpha value is -2.25. The van der Waals surface area contributed by atoms with Gasteiger partial charge >= 0.3 is 0 Å². The van der Waals surface area contributed by atoms with Crippen LogP contribution in [0.2, 0.25) is 5.02 Å². The number of nitrogens with one attached hydrogen (secondary N) is 1. The maximum absolute atomic E-state index is 12.0. The second-order valence-corrected chi connectivity index (χ2v) is 5.88. The van der Waals surface area contributed by atoms with Gasteiger partial charge in [-0.25, -0.2) is 0 Å². The van der Waals surface area contributed by atoms with E-state index in [0.717, 1.165) is 11.1 Å². The second kappa shape index (κ2) is 6.25. The molecule has 112 valence electrons. The van der Waals surface area contributed by atoms with E-state index in [0.29, 0.717) is 16.5 Å². The number of tetrazole rings is 1. The third-order valence-corrected chi connectivity index (χ3v) is 3.90. The summed E-state index contributed by atoms with van der Waals surface area (Å²) >= 11 is 7.45. The molecular weight excluding hydrogens is 322 g/mol. The summed E-state index contributed by atoms with van der Waals surface area (Å²) in [6.07, 6.45) is 0. The normalized spacial score (nSPS) is 10.6. The van der Waals surface area contributed by atoms with Crippen LogP contribution in [0.5, 0.6) is 0 Å². The van der Waals surface area contributed by atoms with Gasteiger partial charge in [0.05, 0.1) is 0 Å². The highest BCUT2D eigenvalue weighted by Gasteiger charge is 2.10. The first-order chi connectivity index (χ1) is 10.6. The van der Waals surface area contributed by atoms with Gasteiger partial charge in [-0.1, -0.05) is 11.6 Å². The molecule has 0 radical (unpaired) electrons.